The van der Waals surface area contributed by atoms with E-state index < -0.39 is 10.2 Å². The third-order valence-corrected chi connectivity index (χ3v) is 1.59. The van der Waals surface area contributed by atoms with Crippen LogP contribution in [0.25, 0.3) is 0 Å². The summed E-state index contributed by atoms with van der Waals surface area (Å²) in [6, 6.07) is 0.153. The minimum atomic E-state index is -3.77. The van der Waals surface area contributed by atoms with E-state index in [4.69, 9.17) is 5.14 Å². The number of ether oxygens (including phenoxy) is 1. The normalized spacial score (nSPS) is 10.9. The molecule has 8 heteroatoms. The van der Waals surface area contributed by atoms with Crippen molar-refractivity contribution in [2.45, 2.75) is 0 Å². The average molecular weight is 204 g/mol. The summed E-state index contributed by atoms with van der Waals surface area (Å²) in [4.78, 5) is 7.33. The summed E-state index contributed by atoms with van der Waals surface area (Å²) in [5.74, 6) is 0. The number of rotatable bonds is 3. The van der Waals surface area contributed by atoms with Gasteiger partial charge in [0.1, 0.15) is 0 Å². The summed E-state index contributed by atoms with van der Waals surface area (Å²) in [5, 5.41) is 4.71. The highest BCUT2D eigenvalue weighted by atomic mass is 32.2. The van der Waals surface area contributed by atoms with Crippen LogP contribution in [-0.2, 0) is 10.2 Å². The summed E-state index contributed by atoms with van der Waals surface area (Å²) in [5.41, 5.74) is 0.184. The number of hydrogen-bond acceptors (Lipinski definition) is 5. The number of anilines is 1. The largest absolute Gasteiger partial charge is 0.467 e. The van der Waals surface area contributed by atoms with Crippen LogP contribution in [-0.4, -0.2) is 25.5 Å². The third kappa shape index (κ3) is 3.22. The summed E-state index contributed by atoms with van der Waals surface area (Å²) < 4.78 is 27.7. The van der Waals surface area contributed by atoms with Gasteiger partial charge in [0.05, 0.1) is 25.2 Å². The van der Waals surface area contributed by atoms with Gasteiger partial charge in [-0.25, -0.2) is 15.1 Å². The smallest absolute Gasteiger partial charge is 0.316 e. The Bertz CT molecular complexity index is 373. The highest BCUT2D eigenvalue weighted by molar-refractivity contribution is 7.90. The lowest BCUT2D eigenvalue weighted by atomic mass is 10.6. The van der Waals surface area contributed by atoms with E-state index in [-0.39, 0.29) is 11.7 Å². The first kappa shape index (κ1) is 9.68. The van der Waals surface area contributed by atoms with Gasteiger partial charge in [-0.05, 0) is 0 Å². The molecule has 0 aromatic carbocycles. The molecule has 0 bridgehead atoms. The topological polar surface area (TPSA) is 107 Å². The van der Waals surface area contributed by atoms with E-state index in [0.717, 1.165) is 0 Å². The van der Waals surface area contributed by atoms with Crippen LogP contribution in [0.2, 0.25) is 0 Å². The Morgan fingerprint density at radius 3 is 2.38 bits per heavy atom. The second kappa shape index (κ2) is 3.54. The molecule has 13 heavy (non-hydrogen) atoms. The van der Waals surface area contributed by atoms with E-state index in [0.29, 0.717) is 0 Å². The van der Waals surface area contributed by atoms with E-state index in [1.165, 1.54) is 19.5 Å². The fourth-order valence-corrected chi connectivity index (χ4v) is 1.07. The molecule has 1 aromatic rings. The molecule has 0 fully saturated rings. The van der Waals surface area contributed by atoms with Crippen molar-refractivity contribution >= 4 is 15.9 Å². The van der Waals surface area contributed by atoms with Gasteiger partial charge in [0.25, 0.3) is 10.2 Å². The Hall–Kier alpha value is -1.41. The van der Waals surface area contributed by atoms with Crippen molar-refractivity contribution in [2.24, 2.45) is 5.14 Å². The number of hydrogen-bond donors (Lipinski definition) is 2. The molecule has 0 atom stereocenters. The molecule has 0 radical (unpaired) electrons. The molecule has 1 rings (SSSR count). The van der Waals surface area contributed by atoms with E-state index >= 15 is 0 Å². The van der Waals surface area contributed by atoms with Gasteiger partial charge in [-0.2, -0.15) is 8.42 Å². The Kier molecular flexibility index (Phi) is 2.63. The molecule has 0 amide bonds. The molecule has 72 valence electrons. The summed E-state index contributed by atoms with van der Waals surface area (Å²) in [7, 11) is -2.36. The number of nitrogens with one attached hydrogen (secondary N) is 1. The minimum Gasteiger partial charge on any atom is -0.467 e. The zero-order chi connectivity index (χ0) is 9.90. The van der Waals surface area contributed by atoms with Gasteiger partial charge in [0.2, 0.25) is 0 Å². The van der Waals surface area contributed by atoms with Crippen LogP contribution in [0.1, 0.15) is 0 Å². The highest BCUT2D eigenvalue weighted by Gasteiger charge is 2.02. The maximum atomic E-state index is 10.5. The number of methoxy groups -OCH3 is 1. The van der Waals surface area contributed by atoms with Crippen molar-refractivity contribution in [3.05, 3.63) is 12.4 Å². The first-order valence-electron chi connectivity index (χ1n) is 3.18. The van der Waals surface area contributed by atoms with Crippen LogP contribution in [0.5, 0.6) is 6.01 Å². The van der Waals surface area contributed by atoms with Gasteiger partial charge in [-0.3, -0.25) is 4.72 Å². The van der Waals surface area contributed by atoms with Crippen molar-refractivity contribution in [2.75, 3.05) is 11.8 Å². The fraction of sp³-hybridized carbons (Fsp3) is 0.200. The minimum absolute atomic E-state index is 0.153. The molecule has 0 saturated heterocycles. The molecular formula is C5H8N4O3S. The molecule has 0 unspecified atom stereocenters. The molecule has 3 N–H and O–H groups in total. The standard InChI is InChI=1S/C5H8N4O3S/c1-12-5-7-2-4(3-8-5)9-13(6,10)11/h2-3,9H,1H3,(H2,6,10,11). The molecule has 0 aliphatic carbocycles. The lowest BCUT2D eigenvalue weighted by Gasteiger charge is -2.02. The zero-order valence-electron chi connectivity index (χ0n) is 6.76. The van der Waals surface area contributed by atoms with Crippen LogP contribution in [0.3, 0.4) is 0 Å². The SMILES string of the molecule is COc1ncc(NS(N)(=O)=O)cn1. The van der Waals surface area contributed by atoms with Gasteiger partial charge in [-0.15, -0.1) is 0 Å². The van der Waals surface area contributed by atoms with Crippen LogP contribution in [0, 0.1) is 0 Å². The number of aromatic nitrogens is 2. The van der Waals surface area contributed by atoms with E-state index in [1.54, 1.807) is 0 Å². The summed E-state index contributed by atoms with van der Waals surface area (Å²) >= 11 is 0. The summed E-state index contributed by atoms with van der Waals surface area (Å²) in [6.45, 7) is 0. The lowest BCUT2D eigenvalue weighted by Crippen LogP contribution is -2.21. The third-order valence-electron chi connectivity index (χ3n) is 1.07. The van der Waals surface area contributed by atoms with Gasteiger partial charge >= 0.3 is 6.01 Å². The van der Waals surface area contributed by atoms with Crippen LogP contribution >= 0.6 is 0 Å². The molecule has 1 heterocycles. The molecule has 0 saturated carbocycles. The Morgan fingerprint density at radius 1 is 1.46 bits per heavy atom. The molecule has 0 aliphatic heterocycles. The van der Waals surface area contributed by atoms with Crippen molar-refractivity contribution in [1.82, 2.24) is 9.97 Å². The van der Waals surface area contributed by atoms with Crippen LogP contribution < -0.4 is 14.6 Å². The van der Waals surface area contributed by atoms with Gasteiger partial charge in [0.15, 0.2) is 0 Å². The van der Waals surface area contributed by atoms with E-state index in [2.05, 4.69) is 14.7 Å². The molecule has 7 nitrogen and oxygen atoms in total. The van der Waals surface area contributed by atoms with E-state index in [9.17, 15) is 8.42 Å². The Morgan fingerprint density at radius 2 is 2.00 bits per heavy atom. The predicted octanol–water partition coefficient (Wildman–Crippen LogP) is -0.899. The highest BCUT2D eigenvalue weighted by Crippen LogP contribution is 2.06. The molecule has 1 aromatic heterocycles. The maximum absolute atomic E-state index is 10.5. The predicted molar refractivity (Wildman–Crippen MR) is 45.3 cm³/mol. The zero-order valence-corrected chi connectivity index (χ0v) is 7.58. The van der Waals surface area contributed by atoms with Gasteiger partial charge in [-0.1, -0.05) is 0 Å². The van der Waals surface area contributed by atoms with Crippen molar-refractivity contribution in [1.29, 1.82) is 0 Å². The Balaban J connectivity index is 2.81. The number of nitrogens with two attached hydrogens (primary N) is 1. The number of nitrogens with zero attached hydrogens (tertiary/aromatic N) is 2. The average Bonchev–Trinajstić information content (AvgIpc) is 2.03. The monoisotopic (exact) mass is 204 g/mol. The first-order chi connectivity index (χ1) is 6.01. The van der Waals surface area contributed by atoms with E-state index in [1.807, 2.05) is 4.72 Å². The van der Waals surface area contributed by atoms with Crippen molar-refractivity contribution in [3.63, 3.8) is 0 Å². The fourth-order valence-electron chi connectivity index (χ4n) is 0.639. The quantitative estimate of drug-likeness (QED) is 0.663. The van der Waals surface area contributed by atoms with Gasteiger partial charge < -0.3 is 4.74 Å². The van der Waals surface area contributed by atoms with Crippen molar-refractivity contribution in [3.8, 4) is 6.01 Å². The van der Waals surface area contributed by atoms with Gasteiger partial charge in [0, 0.05) is 0 Å². The second-order valence-corrected chi connectivity index (χ2v) is 3.40. The first-order valence-corrected chi connectivity index (χ1v) is 4.72. The second-order valence-electron chi connectivity index (χ2n) is 2.11. The molecule has 0 spiro atoms. The summed E-state index contributed by atoms with van der Waals surface area (Å²) in [6.07, 6.45) is 2.49. The van der Waals surface area contributed by atoms with Crippen LogP contribution in [0.4, 0.5) is 5.69 Å². The Labute approximate surface area is 75.1 Å². The molecule has 0 aliphatic rings. The molecular weight excluding hydrogens is 196 g/mol. The van der Waals surface area contributed by atoms with Crippen molar-refractivity contribution < 1.29 is 13.2 Å². The van der Waals surface area contributed by atoms with Crippen LogP contribution in [0.15, 0.2) is 12.4 Å². The maximum Gasteiger partial charge on any atom is 0.316 e. The lowest BCUT2D eigenvalue weighted by molar-refractivity contribution is 0.380.